The molecule has 0 atom stereocenters. The molecule has 0 saturated carbocycles. The Hall–Kier alpha value is -7.80. The molecular weight excluding hydrogens is 961 g/mol. The Labute approximate surface area is 450 Å². The van der Waals surface area contributed by atoms with Gasteiger partial charge in [0.05, 0.1) is 23.0 Å². The number of aromatic nitrogens is 2. The van der Waals surface area contributed by atoms with Crippen molar-refractivity contribution in [2.24, 2.45) is 14.1 Å². The minimum absolute atomic E-state index is 0.559. The average Bonchev–Trinajstić information content (AvgIpc) is 3.94. The SMILES string of the molecule is C[n+]1c(C=C2C=C(NCCCCCNC(=N)CCCC(=N)NCCCCCNC3=CC(=Cc4sc5ccccc5[n+]4C)c4ccccc4N3c3ccccc3)N(c3ccccc3)c3ccccc32)sc2ccccc21. The maximum Gasteiger partial charge on any atom is 0.263 e. The molecule has 75 heavy (non-hydrogen) atoms. The standard InChI is InChI=1S/C63H66N10S2/c1-70-54-32-15-17-34-56(54)74-62(70)44-46-42-60(72(48-24-7-3-8-25-48)52-30-13-11-28-50(46)52)68-40-21-5-19-38-66-58(64)36-23-37-59(65)67-39-20-6-22-41-69-61-43-47(45-63-71(2)55-33-16-18-35-57(55)75-63)51-29-12-14-31-53(51)73(61)49-26-9-4-10-27-49/h3-4,7-18,24-35,42-45H,5-6,19-23,36-41H2,1-2H3,(H4,64,65,66,67)/p+2. The molecule has 0 fully saturated rings. The molecule has 0 aliphatic carbocycles. The van der Waals surface area contributed by atoms with E-state index < -0.39 is 0 Å². The number of para-hydroxylation sites is 6. The van der Waals surface area contributed by atoms with Crippen molar-refractivity contribution < 1.29 is 9.13 Å². The van der Waals surface area contributed by atoms with Crippen molar-refractivity contribution in [3.63, 3.8) is 0 Å². The Kier molecular flexibility index (Phi) is 16.6. The number of benzene rings is 6. The molecule has 10 rings (SSSR count). The Morgan fingerprint density at radius 1 is 0.453 bits per heavy atom. The van der Waals surface area contributed by atoms with Crippen molar-refractivity contribution >= 4 is 101 Å². The Balaban J connectivity index is 0.638. The maximum absolute atomic E-state index is 8.54. The third-order valence-electron chi connectivity index (χ3n) is 14.0. The molecular formula is C63H68N10S2+2. The lowest BCUT2D eigenvalue weighted by Gasteiger charge is -2.34. The van der Waals surface area contributed by atoms with E-state index >= 15 is 0 Å². The van der Waals surface area contributed by atoms with Gasteiger partial charge in [0.15, 0.2) is 0 Å². The smallest absolute Gasteiger partial charge is 0.263 e. The quantitative estimate of drug-likeness (QED) is 0.0175. The second-order valence-electron chi connectivity index (χ2n) is 19.2. The number of allylic oxidation sites excluding steroid dienone is 4. The number of thiazole rings is 2. The number of hydrogen-bond donors (Lipinski definition) is 6. The summed E-state index contributed by atoms with van der Waals surface area (Å²) in [5.41, 5.74) is 11.8. The predicted molar refractivity (Wildman–Crippen MR) is 317 cm³/mol. The summed E-state index contributed by atoms with van der Waals surface area (Å²) in [6.45, 7) is 3.26. The third-order valence-corrected chi connectivity index (χ3v) is 16.3. The zero-order chi connectivity index (χ0) is 51.3. The number of anilines is 4. The average molecular weight is 1030 g/mol. The molecule has 0 saturated heterocycles. The first-order valence-electron chi connectivity index (χ1n) is 26.5. The fourth-order valence-corrected chi connectivity index (χ4v) is 12.2. The number of hydrogen-bond acceptors (Lipinski definition) is 8. The topological polar surface area (TPSA) is 110 Å². The van der Waals surface area contributed by atoms with E-state index in [4.69, 9.17) is 10.8 Å². The molecule has 6 aromatic carbocycles. The minimum Gasteiger partial charge on any atom is -0.374 e. The summed E-state index contributed by atoms with van der Waals surface area (Å²) in [5, 5.41) is 33.8. The molecule has 0 spiro atoms. The van der Waals surface area contributed by atoms with Crippen molar-refractivity contribution in [2.45, 2.75) is 57.8 Å². The van der Waals surface area contributed by atoms with Crippen molar-refractivity contribution in [1.29, 1.82) is 10.8 Å². The van der Waals surface area contributed by atoms with Crippen LogP contribution >= 0.6 is 22.7 Å². The highest BCUT2D eigenvalue weighted by Gasteiger charge is 2.27. The van der Waals surface area contributed by atoms with Gasteiger partial charge in [0, 0.05) is 85.8 Å². The Morgan fingerprint density at radius 2 is 0.840 bits per heavy atom. The van der Waals surface area contributed by atoms with Crippen molar-refractivity contribution in [1.82, 2.24) is 21.3 Å². The molecule has 2 aliphatic rings. The van der Waals surface area contributed by atoms with Gasteiger partial charge in [-0.1, -0.05) is 120 Å². The fourth-order valence-electron chi connectivity index (χ4n) is 10.0. The summed E-state index contributed by atoms with van der Waals surface area (Å²) >= 11 is 3.64. The number of nitrogens with one attached hydrogen (secondary N) is 6. The van der Waals surface area contributed by atoms with Crippen LogP contribution in [0.4, 0.5) is 22.7 Å². The van der Waals surface area contributed by atoms with Crippen LogP contribution in [0, 0.1) is 10.8 Å². The lowest BCUT2D eigenvalue weighted by atomic mass is 9.98. The van der Waals surface area contributed by atoms with Crippen LogP contribution in [0.1, 0.15) is 78.9 Å². The van der Waals surface area contributed by atoms with Gasteiger partial charge >= 0.3 is 0 Å². The van der Waals surface area contributed by atoms with Gasteiger partial charge in [0.25, 0.3) is 10.0 Å². The molecule has 8 aromatic rings. The maximum atomic E-state index is 8.54. The molecule has 6 N–H and O–H groups in total. The van der Waals surface area contributed by atoms with Crippen molar-refractivity contribution in [2.75, 3.05) is 36.0 Å². The lowest BCUT2D eigenvalue weighted by molar-refractivity contribution is -0.642. The van der Waals surface area contributed by atoms with E-state index in [2.05, 4.69) is 236 Å². The molecule has 12 heteroatoms. The summed E-state index contributed by atoms with van der Waals surface area (Å²) < 4.78 is 7.13. The van der Waals surface area contributed by atoms with Crippen molar-refractivity contribution in [3.05, 3.63) is 203 Å². The third kappa shape index (κ3) is 12.1. The highest BCUT2D eigenvalue weighted by Crippen LogP contribution is 2.43. The highest BCUT2D eigenvalue weighted by molar-refractivity contribution is 7.19. The van der Waals surface area contributed by atoms with E-state index in [1.165, 1.54) is 52.7 Å². The van der Waals surface area contributed by atoms with Crippen LogP contribution in [-0.2, 0) is 14.1 Å². The van der Waals surface area contributed by atoms with E-state index in [1.54, 1.807) is 0 Å². The molecule has 0 amide bonds. The molecule has 2 aliphatic heterocycles. The van der Waals surface area contributed by atoms with Gasteiger partial charge in [-0.2, -0.15) is 9.13 Å². The summed E-state index contributed by atoms with van der Waals surface area (Å²) in [7, 11) is 4.30. The van der Waals surface area contributed by atoms with Crippen LogP contribution in [0.2, 0.25) is 0 Å². The van der Waals surface area contributed by atoms with E-state index in [0.717, 1.165) is 106 Å². The summed E-state index contributed by atoms with van der Waals surface area (Å²) in [6.07, 6.45) is 17.5. The summed E-state index contributed by atoms with van der Waals surface area (Å²) in [4.78, 5) is 4.68. The van der Waals surface area contributed by atoms with E-state index in [0.29, 0.717) is 24.5 Å². The zero-order valence-corrected chi connectivity index (χ0v) is 44.8. The molecule has 4 heterocycles. The zero-order valence-electron chi connectivity index (χ0n) is 43.1. The van der Waals surface area contributed by atoms with Crippen LogP contribution < -0.4 is 40.2 Å². The van der Waals surface area contributed by atoms with Gasteiger partial charge in [0.2, 0.25) is 11.0 Å². The van der Waals surface area contributed by atoms with E-state index in [-0.39, 0.29) is 0 Å². The first-order valence-corrected chi connectivity index (χ1v) is 28.1. The lowest BCUT2D eigenvalue weighted by Crippen LogP contribution is -2.32. The van der Waals surface area contributed by atoms with E-state index in [9.17, 15) is 0 Å². The predicted octanol–water partition coefficient (Wildman–Crippen LogP) is 13.4. The monoisotopic (exact) mass is 1030 g/mol. The summed E-state index contributed by atoms with van der Waals surface area (Å²) in [6, 6.07) is 55.8. The van der Waals surface area contributed by atoms with Crippen LogP contribution in [0.5, 0.6) is 0 Å². The Morgan fingerprint density at radius 3 is 1.28 bits per heavy atom. The number of amidine groups is 2. The number of nitrogens with zero attached hydrogens (tertiary/aromatic N) is 4. The van der Waals surface area contributed by atoms with Crippen LogP contribution in [0.3, 0.4) is 0 Å². The number of fused-ring (bicyclic) bond motifs is 4. The second kappa shape index (κ2) is 24.5. The van der Waals surface area contributed by atoms with Gasteiger partial charge in [-0.05, 0) is 117 Å². The van der Waals surface area contributed by atoms with Crippen LogP contribution in [0.25, 0.3) is 43.7 Å². The molecule has 0 radical (unpaired) electrons. The Bertz CT molecular complexity index is 3180. The van der Waals surface area contributed by atoms with Crippen LogP contribution in [0.15, 0.2) is 182 Å². The normalized spacial score (nSPS) is 14.2. The number of rotatable bonds is 22. The van der Waals surface area contributed by atoms with Gasteiger partial charge < -0.3 is 21.3 Å². The second-order valence-corrected chi connectivity index (χ2v) is 21.3. The number of aryl methyl sites for hydroxylation is 2. The first-order chi connectivity index (χ1) is 36.9. The van der Waals surface area contributed by atoms with Gasteiger partial charge in [-0.3, -0.25) is 20.6 Å². The van der Waals surface area contributed by atoms with Gasteiger partial charge in [-0.25, -0.2) is 0 Å². The van der Waals surface area contributed by atoms with Gasteiger partial charge in [-0.15, -0.1) is 0 Å². The van der Waals surface area contributed by atoms with Crippen molar-refractivity contribution in [3.8, 4) is 0 Å². The minimum atomic E-state index is 0.559. The molecule has 10 nitrogen and oxygen atoms in total. The highest BCUT2D eigenvalue weighted by atomic mass is 32.1. The molecule has 0 unspecified atom stereocenters. The number of unbranched alkanes of at least 4 members (excludes halogenated alkanes) is 4. The molecule has 0 bridgehead atoms. The largest absolute Gasteiger partial charge is 0.374 e. The van der Waals surface area contributed by atoms with Gasteiger partial charge in [0.1, 0.15) is 35.1 Å². The first kappa shape index (κ1) is 50.7. The molecule has 380 valence electrons. The fraction of sp³-hybridized carbons (Fsp3) is 0.238. The summed E-state index contributed by atoms with van der Waals surface area (Å²) in [5.74, 6) is 3.25. The van der Waals surface area contributed by atoms with Crippen LogP contribution in [-0.4, -0.2) is 37.9 Å². The van der Waals surface area contributed by atoms with E-state index in [1.807, 2.05) is 22.7 Å². The molecule has 2 aromatic heterocycles.